The van der Waals surface area contributed by atoms with E-state index in [9.17, 15) is 9.18 Å². The molecule has 0 heterocycles. The molecule has 0 spiro atoms. The third-order valence-electron chi connectivity index (χ3n) is 2.20. The van der Waals surface area contributed by atoms with Crippen LogP contribution in [-0.4, -0.2) is 5.78 Å². The predicted octanol–water partition coefficient (Wildman–Crippen LogP) is 2.66. The highest BCUT2D eigenvalue weighted by molar-refractivity contribution is 5.89. The van der Waals surface area contributed by atoms with Crippen molar-refractivity contribution in [3.8, 4) is 6.07 Å². The van der Waals surface area contributed by atoms with E-state index < -0.39 is 11.7 Å². The first-order valence-electron chi connectivity index (χ1n) is 4.75. The molecule has 0 radical (unpaired) electrons. The molecular weight excluding hydrogens is 193 g/mol. The number of hydrogen-bond donors (Lipinski definition) is 0. The molecule has 0 saturated carbocycles. The molecule has 2 nitrogen and oxygen atoms in total. The fourth-order valence-electron chi connectivity index (χ4n) is 1.33. The van der Waals surface area contributed by atoms with Gasteiger partial charge in [0.2, 0.25) is 0 Å². The van der Waals surface area contributed by atoms with Crippen LogP contribution >= 0.6 is 0 Å². The molecule has 1 aromatic rings. The maximum atomic E-state index is 13.3. The Labute approximate surface area is 88.3 Å². The number of ketones is 1. The van der Waals surface area contributed by atoms with Crippen molar-refractivity contribution in [1.82, 2.24) is 0 Å². The molecule has 0 saturated heterocycles. The summed E-state index contributed by atoms with van der Waals surface area (Å²) in [6.45, 7) is 3.40. The summed E-state index contributed by atoms with van der Waals surface area (Å²) in [4.78, 5) is 11.6. The highest BCUT2D eigenvalue weighted by atomic mass is 19.1. The van der Waals surface area contributed by atoms with Gasteiger partial charge in [0.15, 0.2) is 5.78 Å². The molecule has 78 valence electrons. The lowest BCUT2D eigenvalue weighted by Crippen LogP contribution is -2.17. The van der Waals surface area contributed by atoms with Gasteiger partial charge in [0, 0.05) is 11.5 Å². The summed E-state index contributed by atoms with van der Waals surface area (Å²) in [5, 5.41) is 8.89. The van der Waals surface area contributed by atoms with Gasteiger partial charge in [-0.25, -0.2) is 4.39 Å². The smallest absolute Gasteiger partial charge is 0.157 e. The van der Waals surface area contributed by atoms with Crippen molar-refractivity contribution in [3.05, 3.63) is 35.6 Å². The molecule has 0 aromatic heterocycles. The summed E-state index contributed by atoms with van der Waals surface area (Å²) in [5.74, 6) is -2.01. The van der Waals surface area contributed by atoms with Crippen LogP contribution in [0.15, 0.2) is 24.3 Å². The standard InChI is InChI=1S/C12H12FNO/c1-8(2)12(15)10(7-14)9-5-3-4-6-11(9)13/h3-6,8,10H,1-2H3/t10-/m0/s1. The zero-order valence-corrected chi connectivity index (χ0v) is 8.70. The van der Waals surface area contributed by atoms with E-state index >= 15 is 0 Å². The van der Waals surface area contributed by atoms with Crippen LogP contribution < -0.4 is 0 Å². The largest absolute Gasteiger partial charge is 0.298 e. The van der Waals surface area contributed by atoms with Crippen molar-refractivity contribution in [3.63, 3.8) is 0 Å². The Kier molecular flexibility index (Phi) is 3.56. The van der Waals surface area contributed by atoms with E-state index in [0.29, 0.717) is 0 Å². The van der Waals surface area contributed by atoms with Crippen molar-refractivity contribution in [2.75, 3.05) is 0 Å². The van der Waals surface area contributed by atoms with Crippen molar-refractivity contribution >= 4 is 5.78 Å². The summed E-state index contributed by atoms with van der Waals surface area (Å²) < 4.78 is 13.3. The molecule has 1 aromatic carbocycles. The van der Waals surface area contributed by atoms with Crippen molar-refractivity contribution in [1.29, 1.82) is 5.26 Å². The first kappa shape index (κ1) is 11.4. The lowest BCUT2D eigenvalue weighted by molar-refractivity contribution is -0.122. The normalized spacial score (nSPS) is 12.2. The lowest BCUT2D eigenvalue weighted by atomic mass is 9.90. The number of Topliss-reactive ketones (excluding diaryl/α,β-unsaturated/α-hetero) is 1. The summed E-state index contributed by atoms with van der Waals surface area (Å²) in [6.07, 6.45) is 0. The molecule has 0 N–H and O–H groups in total. The van der Waals surface area contributed by atoms with Crippen LogP contribution in [0, 0.1) is 23.1 Å². The number of benzene rings is 1. The molecule has 1 rings (SSSR count). The van der Waals surface area contributed by atoms with Crippen LogP contribution in [0.1, 0.15) is 25.3 Å². The third-order valence-corrected chi connectivity index (χ3v) is 2.20. The van der Waals surface area contributed by atoms with Gasteiger partial charge in [-0.3, -0.25) is 4.79 Å². The highest BCUT2D eigenvalue weighted by Gasteiger charge is 2.24. The zero-order valence-electron chi connectivity index (χ0n) is 8.70. The van der Waals surface area contributed by atoms with Crippen LogP contribution in [0.2, 0.25) is 0 Å². The molecule has 0 aliphatic carbocycles. The van der Waals surface area contributed by atoms with E-state index in [4.69, 9.17) is 5.26 Å². The van der Waals surface area contributed by atoms with Gasteiger partial charge in [-0.1, -0.05) is 32.0 Å². The van der Waals surface area contributed by atoms with Crippen LogP contribution in [-0.2, 0) is 4.79 Å². The van der Waals surface area contributed by atoms with Crippen LogP contribution in [0.4, 0.5) is 4.39 Å². The van der Waals surface area contributed by atoms with Crippen LogP contribution in [0.25, 0.3) is 0 Å². The lowest BCUT2D eigenvalue weighted by Gasteiger charge is -2.11. The quantitative estimate of drug-likeness (QED) is 0.761. The van der Waals surface area contributed by atoms with Gasteiger partial charge in [-0.2, -0.15) is 5.26 Å². The van der Waals surface area contributed by atoms with E-state index in [2.05, 4.69) is 0 Å². The third kappa shape index (κ3) is 2.41. The Balaban J connectivity index is 3.10. The highest BCUT2D eigenvalue weighted by Crippen LogP contribution is 2.22. The molecule has 3 heteroatoms. The summed E-state index contributed by atoms with van der Waals surface area (Å²) >= 11 is 0. The van der Waals surface area contributed by atoms with E-state index in [1.165, 1.54) is 18.2 Å². The van der Waals surface area contributed by atoms with E-state index in [0.717, 1.165) is 0 Å². The molecule has 0 bridgehead atoms. The van der Waals surface area contributed by atoms with Gasteiger partial charge >= 0.3 is 0 Å². The van der Waals surface area contributed by atoms with Crippen molar-refractivity contribution in [2.45, 2.75) is 19.8 Å². The second-order valence-electron chi connectivity index (χ2n) is 3.64. The van der Waals surface area contributed by atoms with Gasteiger partial charge < -0.3 is 0 Å². The number of halogens is 1. The topological polar surface area (TPSA) is 40.9 Å². The van der Waals surface area contributed by atoms with Gasteiger partial charge in [-0.15, -0.1) is 0 Å². The Morgan fingerprint density at radius 1 is 1.40 bits per heavy atom. The minimum atomic E-state index is -0.994. The van der Waals surface area contributed by atoms with Crippen molar-refractivity contribution in [2.24, 2.45) is 5.92 Å². The summed E-state index contributed by atoms with van der Waals surface area (Å²) in [6, 6.07) is 7.74. The Morgan fingerprint density at radius 3 is 2.47 bits per heavy atom. The fraction of sp³-hybridized carbons (Fsp3) is 0.333. The average Bonchev–Trinajstić information content (AvgIpc) is 2.21. The second kappa shape index (κ2) is 4.70. The number of nitriles is 1. The average molecular weight is 205 g/mol. The summed E-state index contributed by atoms with van der Waals surface area (Å²) in [7, 11) is 0. The predicted molar refractivity (Wildman–Crippen MR) is 54.6 cm³/mol. The van der Waals surface area contributed by atoms with Gasteiger partial charge in [0.25, 0.3) is 0 Å². The maximum Gasteiger partial charge on any atom is 0.157 e. The molecule has 1 atom stereocenters. The van der Waals surface area contributed by atoms with Gasteiger partial charge in [0.1, 0.15) is 11.7 Å². The number of carbonyl (C=O) groups is 1. The molecule has 15 heavy (non-hydrogen) atoms. The first-order valence-corrected chi connectivity index (χ1v) is 4.75. The maximum absolute atomic E-state index is 13.3. The van der Waals surface area contributed by atoms with E-state index in [-0.39, 0.29) is 17.3 Å². The Morgan fingerprint density at radius 2 is 2.00 bits per heavy atom. The SMILES string of the molecule is CC(C)C(=O)[C@@H](C#N)c1ccccc1F. The van der Waals surface area contributed by atoms with Crippen molar-refractivity contribution < 1.29 is 9.18 Å². The van der Waals surface area contributed by atoms with Crippen LogP contribution in [0.5, 0.6) is 0 Å². The van der Waals surface area contributed by atoms with Gasteiger partial charge in [0.05, 0.1) is 6.07 Å². The minimum Gasteiger partial charge on any atom is -0.298 e. The Bertz CT molecular complexity index is 406. The van der Waals surface area contributed by atoms with Crippen LogP contribution in [0.3, 0.4) is 0 Å². The number of hydrogen-bond acceptors (Lipinski definition) is 2. The van der Waals surface area contributed by atoms with E-state index in [1.807, 2.05) is 6.07 Å². The monoisotopic (exact) mass is 205 g/mol. The number of nitrogens with zero attached hydrogens (tertiary/aromatic N) is 1. The molecule has 0 aliphatic rings. The molecule has 0 aliphatic heterocycles. The zero-order chi connectivity index (χ0) is 11.4. The fourth-order valence-corrected chi connectivity index (χ4v) is 1.33. The second-order valence-corrected chi connectivity index (χ2v) is 3.64. The van der Waals surface area contributed by atoms with Gasteiger partial charge in [-0.05, 0) is 6.07 Å². The molecule has 0 fully saturated rings. The minimum absolute atomic E-state index is 0.165. The molecule has 0 unspecified atom stereocenters. The number of rotatable bonds is 3. The number of carbonyl (C=O) groups excluding carboxylic acids is 1. The summed E-state index contributed by atoms with van der Waals surface area (Å²) in [5.41, 5.74) is 0.165. The Hall–Kier alpha value is -1.69. The first-order chi connectivity index (χ1) is 7.07. The van der Waals surface area contributed by atoms with E-state index in [1.54, 1.807) is 19.9 Å². The molecule has 0 amide bonds. The molecular formula is C12H12FNO.